The average Bonchev–Trinajstić information content (AvgIpc) is 4.23. The van der Waals surface area contributed by atoms with Crippen LogP contribution in [-0.4, -0.2) is 15.0 Å². The van der Waals surface area contributed by atoms with Crippen LogP contribution in [0, 0.1) is 0 Å². The van der Waals surface area contributed by atoms with Gasteiger partial charge in [0.15, 0.2) is 17.5 Å². The summed E-state index contributed by atoms with van der Waals surface area (Å²) in [5, 5.41) is 6.35. The number of benzene rings is 10. The van der Waals surface area contributed by atoms with Crippen LogP contribution in [0.1, 0.15) is 22.3 Å². The Kier molecular flexibility index (Phi) is 7.63. The first-order chi connectivity index (χ1) is 34.7. The number of aromatic nitrogens is 3. The van der Waals surface area contributed by atoms with E-state index >= 15 is 0 Å². The lowest BCUT2D eigenvalue weighted by molar-refractivity contribution is 0.668. The molecule has 2 aliphatic rings. The molecule has 1 spiro atoms. The van der Waals surface area contributed by atoms with Crippen molar-refractivity contribution in [2.45, 2.75) is 5.41 Å². The molecule has 0 saturated heterocycles. The fraction of sp³-hybridized carbons (Fsp3) is 0.0156. The molecule has 14 aromatic rings. The number of nitrogens with zero attached hydrogens (tertiary/aromatic N) is 3. The number of hydrogen-bond acceptors (Lipinski definition) is 6. The van der Waals surface area contributed by atoms with E-state index in [1.807, 2.05) is 36.4 Å². The Hall–Kier alpha value is -8.97. The van der Waals surface area contributed by atoms with Crippen LogP contribution in [-0.2, 0) is 5.41 Å². The van der Waals surface area contributed by atoms with Crippen molar-refractivity contribution in [2.75, 3.05) is 0 Å². The van der Waals surface area contributed by atoms with Crippen molar-refractivity contribution >= 4 is 75.4 Å². The molecule has 2 aliphatic carbocycles. The quantitative estimate of drug-likeness (QED) is 0.176. The molecular formula is C64H35N3O2S. The van der Waals surface area contributed by atoms with Crippen molar-refractivity contribution in [2.24, 2.45) is 0 Å². The minimum absolute atomic E-state index is 0.433. The zero-order valence-electron chi connectivity index (χ0n) is 37.3. The normalized spacial score (nSPS) is 13.3. The van der Waals surface area contributed by atoms with Gasteiger partial charge >= 0.3 is 0 Å². The number of rotatable bonds is 4. The van der Waals surface area contributed by atoms with Crippen molar-refractivity contribution < 1.29 is 8.83 Å². The first kappa shape index (κ1) is 38.0. The Morgan fingerprint density at radius 3 is 1.61 bits per heavy atom. The number of furan rings is 2. The molecule has 0 unspecified atom stereocenters. The molecule has 0 saturated carbocycles. The fourth-order valence-electron chi connectivity index (χ4n) is 12.1. The van der Waals surface area contributed by atoms with Gasteiger partial charge < -0.3 is 8.83 Å². The molecule has 324 valence electrons. The highest BCUT2D eigenvalue weighted by Crippen LogP contribution is 2.64. The predicted molar refractivity (Wildman–Crippen MR) is 285 cm³/mol. The maximum absolute atomic E-state index is 6.73. The fourth-order valence-corrected chi connectivity index (χ4v) is 13.3. The van der Waals surface area contributed by atoms with Gasteiger partial charge in [-0.05, 0) is 110 Å². The summed E-state index contributed by atoms with van der Waals surface area (Å²) in [7, 11) is 0. The largest absolute Gasteiger partial charge is 0.456 e. The summed E-state index contributed by atoms with van der Waals surface area (Å²) in [6.07, 6.45) is 0. The van der Waals surface area contributed by atoms with E-state index in [9.17, 15) is 0 Å². The van der Waals surface area contributed by atoms with Gasteiger partial charge in [0, 0.05) is 58.4 Å². The van der Waals surface area contributed by atoms with Gasteiger partial charge in [0.05, 0.1) is 5.41 Å². The molecule has 16 rings (SSSR count). The summed E-state index contributed by atoms with van der Waals surface area (Å²) in [6, 6.07) is 76.1. The average molecular weight is 910 g/mol. The van der Waals surface area contributed by atoms with E-state index in [2.05, 4.69) is 176 Å². The van der Waals surface area contributed by atoms with Gasteiger partial charge in [-0.15, -0.1) is 11.3 Å². The molecular weight excluding hydrogens is 875 g/mol. The zero-order chi connectivity index (χ0) is 45.7. The first-order valence-corrected chi connectivity index (χ1v) is 24.5. The molecule has 0 amide bonds. The highest BCUT2D eigenvalue weighted by Gasteiger charge is 2.52. The second kappa shape index (κ2) is 14.0. The van der Waals surface area contributed by atoms with Crippen LogP contribution in [0.2, 0.25) is 0 Å². The zero-order valence-corrected chi connectivity index (χ0v) is 38.1. The van der Waals surface area contributed by atoms with Crippen LogP contribution >= 0.6 is 11.3 Å². The molecule has 10 aromatic carbocycles. The molecule has 0 atom stereocenters. The maximum atomic E-state index is 6.73. The van der Waals surface area contributed by atoms with E-state index in [1.54, 1.807) is 11.3 Å². The lowest BCUT2D eigenvalue weighted by Gasteiger charge is -2.30. The van der Waals surface area contributed by atoms with Gasteiger partial charge in [0.1, 0.15) is 22.3 Å². The molecule has 0 aliphatic heterocycles. The third-order valence-electron chi connectivity index (χ3n) is 15.0. The lowest BCUT2D eigenvalue weighted by atomic mass is 9.70. The van der Waals surface area contributed by atoms with E-state index in [1.165, 1.54) is 64.9 Å². The van der Waals surface area contributed by atoms with Crippen molar-refractivity contribution in [3.8, 4) is 67.5 Å². The molecule has 5 nitrogen and oxygen atoms in total. The Labute approximate surface area is 404 Å². The van der Waals surface area contributed by atoms with Crippen molar-refractivity contribution in [1.82, 2.24) is 15.0 Å². The summed E-state index contributed by atoms with van der Waals surface area (Å²) in [5.41, 5.74) is 18.2. The van der Waals surface area contributed by atoms with Crippen LogP contribution in [0.3, 0.4) is 0 Å². The molecule has 0 N–H and O–H groups in total. The van der Waals surface area contributed by atoms with Gasteiger partial charge in [-0.1, -0.05) is 158 Å². The number of fused-ring (bicyclic) bond motifs is 19. The predicted octanol–water partition coefficient (Wildman–Crippen LogP) is 17.0. The van der Waals surface area contributed by atoms with E-state index in [0.29, 0.717) is 17.5 Å². The molecule has 70 heavy (non-hydrogen) atoms. The van der Waals surface area contributed by atoms with Crippen LogP contribution in [0.25, 0.3) is 132 Å². The van der Waals surface area contributed by atoms with Crippen LogP contribution in [0.5, 0.6) is 0 Å². The number of para-hydroxylation sites is 1. The highest BCUT2D eigenvalue weighted by atomic mass is 32.1. The molecule has 0 fully saturated rings. The topological polar surface area (TPSA) is 65.0 Å². The van der Waals surface area contributed by atoms with Crippen LogP contribution < -0.4 is 0 Å². The SMILES string of the molecule is c1ccc2c(c1)-c1ccccc1C21c2ccccc2-c2c(-c3ccc4oc5cccc(-c6nc(-c7ccc8oc9ccccc9c8c7)nc(-c7cccc8sc9ccccc9c78)n6)c5c4c3)cccc21. The molecule has 0 radical (unpaired) electrons. The van der Waals surface area contributed by atoms with E-state index in [4.69, 9.17) is 23.8 Å². The van der Waals surface area contributed by atoms with Crippen molar-refractivity contribution in [3.05, 3.63) is 235 Å². The summed E-state index contributed by atoms with van der Waals surface area (Å²) >= 11 is 1.79. The summed E-state index contributed by atoms with van der Waals surface area (Å²) in [4.78, 5) is 16.1. The summed E-state index contributed by atoms with van der Waals surface area (Å²) in [6.45, 7) is 0. The summed E-state index contributed by atoms with van der Waals surface area (Å²) in [5.74, 6) is 1.76. The van der Waals surface area contributed by atoms with Gasteiger partial charge in [0.2, 0.25) is 0 Å². The standard InChI is InChI=1S/C64H35N3O2S/c1-6-22-48-39(14-1)40-15-2-7-23-49(40)64(48)50-24-8-3-17-42(50)58-38(19-11-25-51(58)64)36-30-32-54-47(34-36)59-44(20-12-27-55(59)69-54)62-65-61(37-31-33-53-46(35-37)41-16-4-9-26-52(41)68-53)66-63(67-62)45-21-13-29-57-60(45)43-18-5-10-28-56(43)70-57/h1-35H. The van der Waals surface area contributed by atoms with Crippen molar-refractivity contribution in [3.63, 3.8) is 0 Å². The monoisotopic (exact) mass is 909 g/mol. The van der Waals surface area contributed by atoms with Gasteiger partial charge in [-0.2, -0.15) is 0 Å². The van der Waals surface area contributed by atoms with E-state index in [-0.39, 0.29) is 0 Å². The third-order valence-corrected chi connectivity index (χ3v) is 16.1. The van der Waals surface area contributed by atoms with Crippen LogP contribution in [0.4, 0.5) is 0 Å². The van der Waals surface area contributed by atoms with E-state index < -0.39 is 5.41 Å². The molecule has 0 bridgehead atoms. The van der Waals surface area contributed by atoms with Gasteiger partial charge in [-0.3, -0.25) is 0 Å². The minimum Gasteiger partial charge on any atom is -0.456 e. The van der Waals surface area contributed by atoms with E-state index in [0.717, 1.165) is 71.5 Å². The van der Waals surface area contributed by atoms with Crippen molar-refractivity contribution in [1.29, 1.82) is 0 Å². The smallest absolute Gasteiger partial charge is 0.164 e. The van der Waals surface area contributed by atoms with Crippen LogP contribution in [0.15, 0.2) is 221 Å². The Morgan fingerprint density at radius 1 is 0.314 bits per heavy atom. The van der Waals surface area contributed by atoms with Gasteiger partial charge in [-0.25, -0.2) is 15.0 Å². The Bertz CT molecular complexity index is 4530. The van der Waals surface area contributed by atoms with Gasteiger partial charge in [0.25, 0.3) is 0 Å². The molecule has 4 aromatic heterocycles. The molecule has 4 heterocycles. The second-order valence-corrected chi connectivity index (χ2v) is 19.6. The first-order valence-electron chi connectivity index (χ1n) is 23.7. The number of thiophene rings is 1. The Morgan fingerprint density at radius 2 is 0.814 bits per heavy atom. The number of hydrogen-bond donors (Lipinski definition) is 0. The summed E-state index contributed by atoms with van der Waals surface area (Å²) < 4.78 is 15.4. The maximum Gasteiger partial charge on any atom is 0.164 e. The second-order valence-electron chi connectivity index (χ2n) is 18.5. The third kappa shape index (κ3) is 5.07. The minimum atomic E-state index is -0.433. The Balaban J connectivity index is 0.926. The molecule has 6 heteroatoms. The highest BCUT2D eigenvalue weighted by molar-refractivity contribution is 7.25. The lowest BCUT2D eigenvalue weighted by Crippen LogP contribution is -2.25.